The molecule has 112 valence electrons. The van der Waals surface area contributed by atoms with E-state index in [1.165, 1.54) is 11.4 Å². The summed E-state index contributed by atoms with van der Waals surface area (Å²) < 4.78 is 26.9. The van der Waals surface area contributed by atoms with Crippen molar-refractivity contribution in [3.8, 4) is 0 Å². The number of carboxylic acid groups (broad SMARTS) is 1. The highest BCUT2D eigenvalue weighted by Crippen LogP contribution is 2.24. The van der Waals surface area contributed by atoms with Gasteiger partial charge in [-0.25, -0.2) is 13.2 Å². The fourth-order valence-corrected chi connectivity index (χ4v) is 4.22. The Labute approximate surface area is 127 Å². The number of nitrogens with one attached hydrogen (secondary N) is 1. The van der Waals surface area contributed by atoms with Gasteiger partial charge in [-0.05, 0) is 35.6 Å². The van der Waals surface area contributed by atoms with Crippen molar-refractivity contribution in [1.82, 2.24) is 0 Å². The third-order valence-electron chi connectivity index (χ3n) is 2.86. The zero-order valence-electron chi connectivity index (χ0n) is 11.4. The molecule has 0 aliphatic rings. The molecular weight excluding hydrogens is 310 g/mol. The Morgan fingerprint density at radius 3 is 2.48 bits per heavy atom. The lowest BCUT2D eigenvalue weighted by Crippen LogP contribution is -2.15. The molecule has 0 atom stereocenters. The quantitative estimate of drug-likeness (QED) is 0.854. The second-order valence-electron chi connectivity index (χ2n) is 4.47. The molecule has 2 rings (SSSR count). The van der Waals surface area contributed by atoms with Crippen LogP contribution < -0.4 is 4.72 Å². The number of hydrogen-bond acceptors (Lipinski definition) is 4. The molecule has 0 unspecified atom stereocenters. The first-order valence-electron chi connectivity index (χ1n) is 6.36. The number of sulfonamides is 1. The van der Waals surface area contributed by atoms with E-state index in [0.29, 0.717) is 5.69 Å². The van der Waals surface area contributed by atoms with Gasteiger partial charge >= 0.3 is 5.97 Å². The molecule has 0 amide bonds. The Morgan fingerprint density at radius 1 is 1.24 bits per heavy atom. The SMILES string of the molecule is CCCc1ccc(NS(=O)(=O)c2ccsc2C(=O)O)cc1. The molecule has 0 bridgehead atoms. The first-order chi connectivity index (χ1) is 9.94. The zero-order chi connectivity index (χ0) is 15.5. The van der Waals surface area contributed by atoms with Crippen molar-refractivity contribution in [3.63, 3.8) is 0 Å². The average molecular weight is 325 g/mol. The number of carbonyl (C=O) groups is 1. The summed E-state index contributed by atoms with van der Waals surface area (Å²) in [4.78, 5) is 10.6. The van der Waals surface area contributed by atoms with E-state index in [2.05, 4.69) is 11.6 Å². The minimum absolute atomic E-state index is 0.190. The summed E-state index contributed by atoms with van der Waals surface area (Å²) in [5.41, 5.74) is 1.54. The van der Waals surface area contributed by atoms with Crippen LogP contribution in [0.5, 0.6) is 0 Å². The van der Waals surface area contributed by atoms with Gasteiger partial charge in [-0.3, -0.25) is 4.72 Å². The van der Waals surface area contributed by atoms with Gasteiger partial charge in [-0.2, -0.15) is 0 Å². The van der Waals surface area contributed by atoms with Crippen LogP contribution in [0.1, 0.15) is 28.6 Å². The minimum atomic E-state index is -3.89. The molecular formula is C14H15NO4S2. The van der Waals surface area contributed by atoms with Crippen LogP contribution in [0.2, 0.25) is 0 Å². The van der Waals surface area contributed by atoms with Gasteiger partial charge in [0, 0.05) is 5.69 Å². The summed E-state index contributed by atoms with van der Waals surface area (Å²) in [6.07, 6.45) is 1.95. The molecule has 1 heterocycles. The predicted molar refractivity (Wildman–Crippen MR) is 82.5 cm³/mol. The standard InChI is InChI=1S/C14H15NO4S2/c1-2-3-10-4-6-11(7-5-10)15-21(18,19)12-8-9-20-13(12)14(16)17/h4-9,15H,2-3H2,1H3,(H,16,17). The van der Waals surface area contributed by atoms with Crippen molar-refractivity contribution in [1.29, 1.82) is 0 Å². The Bertz CT molecular complexity index is 733. The van der Waals surface area contributed by atoms with Crippen LogP contribution in [0.3, 0.4) is 0 Å². The van der Waals surface area contributed by atoms with Crippen LogP contribution in [0.4, 0.5) is 5.69 Å². The van der Waals surface area contributed by atoms with Gasteiger partial charge in [0.25, 0.3) is 10.0 Å². The molecule has 21 heavy (non-hydrogen) atoms. The summed E-state index contributed by atoms with van der Waals surface area (Å²) in [6, 6.07) is 8.35. The number of thiophene rings is 1. The van der Waals surface area contributed by atoms with Crippen molar-refractivity contribution in [3.05, 3.63) is 46.2 Å². The number of anilines is 1. The largest absolute Gasteiger partial charge is 0.477 e. The van der Waals surface area contributed by atoms with E-state index >= 15 is 0 Å². The number of hydrogen-bond donors (Lipinski definition) is 2. The normalized spacial score (nSPS) is 11.3. The lowest BCUT2D eigenvalue weighted by Gasteiger charge is -2.08. The maximum atomic E-state index is 12.2. The molecule has 5 nitrogen and oxygen atoms in total. The van der Waals surface area contributed by atoms with Crippen LogP contribution >= 0.6 is 11.3 Å². The zero-order valence-corrected chi connectivity index (χ0v) is 13.0. The lowest BCUT2D eigenvalue weighted by atomic mass is 10.1. The van der Waals surface area contributed by atoms with E-state index in [4.69, 9.17) is 5.11 Å². The van der Waals surface area contributed by atoms with Gasteiger partial charge in [-0.15, -0.1) is 11.3 Å². The molecule has 7 heteroatoms. The summed E-state index contributed by atoms with van der Waals surface area (Å²) in [5.74, 6) is -1.25. The highest BCUT2D eigenvalue weighted by atomic mass is 32.2. The first-order valence-corrected chi connectivity index (χ1v) is 8.73. The molecule has 0 radical (unpaired) electrons. The highest BCUT2D eigenvalue weighted by Gasteiger charge is 2.23. The Kier molecular flexibility index (Phi) is 4.64. The molecule has 0 fully saturated rings. The van der Waals surface area contributed by atoms with Crippen LogP contribution in [-0.2, 0) is 16.4 Å². The summed E-state index contributed by atoms with van der Waals surface area (Å²) in [7, 11) is -3.89. The van der Waals surface area contributed by atoms with Gasteiger partial charge in [0.15, 0.2) is 0 Å². The van der Waals surface area contributed by atoms with Crippen LogP contribution in [0.15, 0.2) is 40.6 Å². The lowest BCUT2D eigenvalue weighted by molar-refractivity contribution is 0.0698. The molecule has 1 aromatic carbocycles. The fraction of sp³-hybridized carbons (Fsp3) is 0.214. The van der Waals surface area contributed by atoms with Gasteiger partial charge in [-0.1, -0.05) is 25.5 Å². The monoisotopic (exact) mass is 325 g/mol. The Balaban J connectivity index is 2.25. The van der Waals surface area contributed by atoms with Crippen LogP contribution in [0.25, 0.3) is 0 Å². The third-order valence-corrected chi connectivity index (χ3v) is 5.31. The highest BCUT2D eigenvalue weighted by molar-refractivity contribution is 7.93. The van der Waals surface area contributed by atoms with E-state index in [0.717, 1.165) is 29.7 Å². The van der Waals surface area contributed by atoms with E-state index in [1.807, 2.05) is 12.1 Å². The summed E-state index contributed by atoms with van der Waals surface area (Å²) >= 11 is 0.885. The topological polar surface area (TPSA) is 83.5 Å². The molecule has 0 saturated heterocycles. The van der Waals surface area contributed by atoms with E-state index < -0.39 is 16.0 Å². The van der Waals surface area contributed by atoms with Gasteiger partial charge in [0.2, 0.25) is 0 Å². The molecule has 0 saturated carbocycles. The Morgan fingerprint density at radius 2 is 1.90 bits per heavy atom. The molecule has 2 aromatic rings. The summed E-state index contributed by atoms with van der Waals surface area (Å²) in [6.45, 7) is 2.07. The summed E-state index contributed by atoms with van der Waals surface area (Å²) in [5, 5.41) is 10.4. The number of aromatic carboxylic acids is 1. The maximum Gasteiger partial charge on any atom is 0.347 e. The smallest absolute Gasteiger partial charge is 0.347 e. The number of rotatable bonds is 6. The third kappa shape index (κ3) is 3.62. The van der Waals surface area contributed by atoms with Crippen molar-refractivity contribution in [2.45, 2.75) is 24.7 Å². The van der Waals surface area contributed by atoms with Crippen molar-refractivity contribution < 1.29 is 18.3 Å². The molecule has 1 aromatic heterocycles. The van der Waals surface area contributed by atoms with Crippen LogP contribution in [0, 0.1) is 0 Å². The predicted octanol–water partition coefficient (Wildman–Crippen LogP) is 3.20. The minimum Gasteiger partial charge on any atom is -0.477 e. The van der Waals surface area contributed by atoms with Gasteiger partial charge in [0.05, 0.1) is 0 Å². The first kappa shape index (κ1) is 15.5. The molecule has 2 N–H and O–H groups in total. The van der Waals surface area contributed by atoms with E-state index in [1.54, 1.807) is 12.1 Å². The number of carboxylic acids is 1. The molecule has 0 spiro atoms. The van der Waals surface area contributed by atoms with Crippen molar-refractivity contribution in [2.75, 3.05) is 4.72 Å². The average Bonchev–Trinajstić information content (AvgIpc) is 2.91. The second-order valence-corrected chi connectivity index (χ2v) is 7.04. The van der Waals surface area contributed by atoms with Crippen molar-refractivity contribution in [2.24, 2.45) is 0 Å². The number of aryl methyl sites for hydroxylation is 1. The molecule has 0 aliphatic carbocycles. The van der Waals surface area contributed by atoms with Crippen LogP contribution in [-0.4, -0.2) is 19.5 Å². The second kappa shape index (κ2) is 6.28. The Hall–Kier alpha value is -1.86. The molecule has 0 aliphatic heterocycles. The van der Waals surface area contributed by atoms with Gasteiger partial charge in [0.1, 0.15) is 9.77 Å². The fourth-order valence-electron chi connectivity index (χ4n) is 1.90. The number of benzene rings is 1. The van der Waals surface area contributed by atoms with E-state index in [9.17, 15) is 13.2 Å². The van der Waals surface area contributed by atoms with E-state index in [-0.39, 0.29) is 9.77 Å². The van der Waals surface area contributed by atoms with Crippen molar-refractivity contribution >= 4 is 33.0 Å². The van der Waals surface area contributed by atoms with Gasteiger partial charge < -0.3 is 5.11 Å². The maximum absolute atomic E-state index is 12.2.